The zero-order valence-corrected chi connectivity index (χ0v) is 9.14. The van der Waals surface area contributed by atoms with Gasteiger partial charge in [0.1, 0.15) is 0 Å². The highest BCUT2D eigenvalue weighted by atomic mass is 15.2. The third kappa shape index (κ3) is 3.49. The van der Waals surface area contributed by atoms with Crippen LogP contribution in [0.1, 0.15) is 27.2 Å². The molecule has 1 heterocycles. The fourth-order valence-electron chi connectivity index (χ4n) is 1.67. The molecule has 0 aromatic heterocycles. The third-order valence-corrected chi connectivity index (χ3v) is 2.78. The van der Waals surface area contributed by atoms with Crippen molar-refractivity contribution >= 4 is 0 Å². The van der Waals surface area contributed by atoms with Gasteiger partial charge in [-0.1, -0.05) is 18.6 Å². The van der Waals surface area contributed by atoms with E-state index in [0.717, 1.165) is 19.6 Å². The van der Waals surface area contributed by atoms with E-state index >= 15 is 0 Å². The molecule has 0 aliphatic carbocycles. The lowest BCUT2D eigenvalue weighted by Gasteiger charge is -2.31. The predicted molar refractivity (Wildman–Crippen MR) is 58.0 cm³/mol. The molecule has 0 amide bonds. The quantitative estimate of drug-likeness (QED) is 0.665. The Balaban J connectivity index is 2.28. The zero-order chi connectivity index (χ0) is 9.68. The second kappa shape index (κ2) is 5.40. The van der Waals surface area contributed by atoms with Gasteiger partial charge in [-0.15, -0.1) is 0 Å². The van der Waals surface area contributed by atoms with Crippen molar-refractivity contribution in [2.45, 2.75) is 33.2 Å². The maximum Gasteiger partial charge on any atom is 0.0195 e. The number of hydrogen-bond acceptors (Lipinski definition) is 2. The molecule has 2 nitrogen and oxygen atoms in total. The van der Waals surface area contributed by atoms with E-state index in [-0.39, 0.29) is 0 Å². The second-order valence-corrected chi connectivity index (χ2v) is 3.95. The number of hydrogen-bond donors (Lipinski definition) is 1. The van der Waals surface area contributed by atoms with Crippen LogP contribution in [0, 0.1) is 0 Å². The Morgan fingerprint density at radius 3 is 2.92 bits per heavy atom. The molecule has 1 unspecified atom stereocenters. The van der Waals surface area contributed by atoms with E-state index in [1.54, 1.807) is 5.57 Å². The first-order valence-electron chi connectivity index (χ1n) is 5.34. The first-order valence-corrected chi connectivity index (χ1v) is 5.34. The van der Waals surface area contributed by atoms with E-state index in [4.69, 9.17) is 0 Å². The van der Waals surface area contributed by atoms with Gasteiger partial charge in [0.15, 0.2) is 0 Å². The molecule has 0 radical (unpaired) electrons. The highest BCUT2D eigenvalue weighted by Crippen LogP contribution is 2.11. The first-order chi connectivity index (χ1) is 6.24. The molecule has 0 bridgehead atoms. The molecule has 0 saturated carbocycles. The van der Waals surface area contributed by atoms with Crippen molar-refractivity contribution in [1.82, 2.24) is 10.2 Å². The number of likely N-dealkylation sites (N-methyl/N-ethyl adjacent to an activating group) is 1. The largest absolute Gasteiger partial charge is 0.315 e. The predicted octanol–water partition coefficient (Wildman–Crippen LogP) is 1.64. The fourth-order valence-corrected chi connectivity index (χ4v) is 1.67. The Morgan fingerprint density at radius 2 is 2.38 bits per heavy atom. The number of nitrogens with one attached hydrogen (secondary N) is 1. The average Bonchev–Trinajstić information content (AvgIpc) is 2.15. The van der Waals surface area contributed by atoms with Gasteiger partial charge in [-0.3, -0.25) is 4.90 Å². The van der Waals surface area contributed by atoms with Gasteiger partial charge in [-0.2, -0.15) is 0 Å². The van der Waals surface area contributed by atoms with Gasteiger partial charge in [0.05, 0.1) is 0 Å². The van der Waals surface area contributed by atoms with Gasteiger partial charge in [-0.25, -0.2) is 0 Å². The lowest BCUT2D eigenvalue weighted by Crippen LogP contribution is -2.42. The molecule has 1 rings (SSSR count). The molecule has 76 valence electrons. The van der Waals surface area contributed by atoms with Gasteiger partial charge >= 0.3 is 0 Å². The smallest absolute Gasteiger partial charge is 0.0195 e. The molecule has 0 spiro atoms. The second-order valence-electron chi connectivity index (χ2n) is 3.95. The van der Waals surface area contributed by atoms with Crippen LogP contribution in [0.2, 0.25) is 0 Å². The Hall–Kier alpha value is -0.340. The molecule has 0 fully saturated rings. The van der Waals surface area contributed by atoms with E-state index in [2.05, 4.69) is 37.1 Å². The van der Waals surface area contributed by atoms with Crippen LogP contribution in [0.25, 0.3) is 0 Å². The summed E-state index contributed by atoms with van der Waals surface area (Å²) in [5.41, 5.74) is 1.55. The van der Waals surface area contributed by atoms with E-state index < -0.39 is 0 Å². The molecule has 0 saturated heterocycles. The maximum absolute atomic E-state index is 3.39. The van der Waals surface area contributed by atoms with Crippen molar-refractivity contribution in [2.24, 2.45) is 0 Å². The topological polar surface area (TPSA) is 15.3 Å². The molecule has 13 heavy (non-hydrogen) atoms. The van der Waals surface area contributed by atoms with Crippen LogP contribution in [0.15, 0.2) is 11.6 Å². The molecule has 2 heteroatoms. The monoisotopic (exact) mass is 182 g/mol. The third-order valence-electron chi connectivity index (χ3n) is 2.78. The number of rotatable bonds is 4. The van der Waals surface area contributed by atoms with Gasteiger partial charge < -0.3 is 5.32 Å². The normalized spacial score (nSPS) is 21.3. The molecule has 1 aliphatic heterocycles. The summed E-state index contributed by atoms with van der Waals surface area (Å²) in [5.74, 6) is 0. The molecule has 1 N–H and O–H groups in total. The summed E-state index contributed by atoms with van der Waals surface area (Å²) in [6, 6.07) is 0.671. The van der Waals surface area contributed by atoms with Gasteiger partial charge in [0.2, 0.25) is 0 Å². The Labute approximate surface area is 82.0 Å². The van der Waals surface area contributed by atoms with Gasteiger partial charge in [0.25, 0.3) is 0 Å². The summed E-state index contributed by atoms with van der Waals surface area (Å²) < 4.78 is 0. The van der Waals surface area contributed by atoms with Crippen molar-refractivity contribution in [1.29, 1.82) is 0 Å². The fraction of sp³-hybridized carbons (Fsp3) is 0.818. The highest BCUT2D eigenvalue weighted by Gasteiger charge is 2.14. The first kappa shape index (κ1) is 10.7. The summed E-state index contributed by atoms with van der Waals surface area (Å²) in [5, 5.41) is 3.39. The summed E-state index contributed by atoms with van der Waals surface area (Å²) in [6.07, 6.45) is 3.60. The van der Waals surface area contributed by atoms with Crippen molar-refractivity contribution < 1.29 is 0 Å². The van der Waals surface area contributed by atoms with Crippen molar-refractivity contribution in [2.75, 3.05) is 26.2 Å². The van der Waals surface area contributed by atoms with Crippen LogP contribution >= 0.6 is 0 Å². The van der Waals surface area contributed by atoms with Crippen molar-refractivity contribution in [3.8, 4) is 0 Å². The van der Waals surface area contributed by atoms with E-state index in [9.17, 15) is 0 Å². The molecular formula is C11H22N2. The number of nitrogens with zero attached hydrogens (tertiary/aromatic N) is 1. The Morgan fingerprint density at radius 1 is 1.62 bits per heavy atom. The minimum Gasteiger partial charge on any atom is -0.315 e. The highest BCUT2D eigenvalue weighted by molar-refractivity contribution is 5.04. The lowest BCUT2D eigenvalue weighted by molar-refractivity contribution is 0.220. The van der Waals surface area contributed by atoms with E-state index in [1.165, 1.54) is 13.0 Å². The molecular weight excluding hydrogens is 160 g/mol. The van der Waals surface area contributed by atoms with Crippen LogP contribution in [-0.2, 0) is 0 Å². The zero-order valence-electron chi connectivity index (χ0n) is 9.14. The van der Waals surface area contributed by atoms with Crippen molar-refractivity contribution in [3.63, 3.8) is 0 Å². The summed E-state index contributed by atoms with van der Waals surface area (Å²) in [7, 11) is 0. The molecule has 1 aliphatic rings. The van der Waals surface area contributed by atoms with Crippen LogP contribution in [0.3, 0.4) is 0 Å². The van der Waals surface area contributed by atoms with Crippen LogP contribution in [0.5, 0.6) is 0 Å². The molecule has 0 aromatic carbocycles. The van der Waals surface area contributed by atoms with Crippen LogP contribution in [-0.4, -0.2) is 37.1 Å². The van der Waals surface area contributed by atoms with E-state index in [1.807, 2.05) is 0 Å². The molecule has 1 atom stereocenters. The standard InChI is InChI=1S/C11H22N2/c1-4-12-9-11(3)13-7-5-10(2)6-8-13/h5,11-12H,4,6-9H2,1-3H3. The lowest BCUT2D eigenvalue weighted by atomic mass is 10.1. The minimum atomic E-state index is 0.671. The Kier molecular flexibility index (Phi) is 4.46. The van der Waals surface area contributed by atoms with E-state index in [0.29, 0.717) is 6.04 Å². The average molecular weight is 182 g/mol. The summed E-state index contributed by atoms with van der Waals surface area (Å²) in [6.45, 7) is 11.3. The van der Waals surface area contributed by atoms with Crippen LogP contribution in [0.4, 0.5) is 0 Å². The SMILES string of the molecule is CCNCC(C)N1CC=C(C)CC1. The van der Waals surface area contributed by atoms with Crippen molar-refractivity contribution in [3.05, 3.63) is 11.6 Å². The summed E-state index contributed by atoms with van der Waals surface area (Å²) >= 11 is 0. The maximum atomic E-state index is 3.39. The minimum absolute atomic E-state index is 0.671. The van der Waals surface area contributed by atoms with Crippen LogP contribution < -0.4 is 5.32 Å². The Bertz CT molecular complexity index is 175. The molecule has 0 aromatic rings. The summed E-state index contributed by atoms with van der Waals surface area (Å²) in [4.78, 5) is 2.54. The van der Waals surface area contributed by atoms with Gasteiger partial charge in [-0.05, 0) is 26.8 Å². The van der Waals surface area contributed by atoms with Gasteiger partial charge in [0, 0.05) is 25.7 Å².